The van der Waals surface area contributed by atoms with Crippen molar-refractivity contribution in [1.29, 1.82) is 0 Å². The normalized spacial score (nSPS) is 15.0. The number of halogens is 3. The summed E-state index contributed by atoms with van der Waals surface area (Å²) in [4.78, 5) is 58.1. The minimum atomic E-state index is 0.231. The van der Waals surface area contributed by atoms with Gasteiger partial charge in [0, 0.05) is 210 Å². The minimum absolute atomic E-state index is 0.231. The quantitative estimate of drug-likeness (QED) is 0.0394. The Morgan fingerprint density at radius 3 is 1.59 bits per heavy atom. The summed E-state index contributed by atoms with van der Waals surface area (Å²) >= 11 is 13.3. The number of rotatable bonds is 22. The van der Waals surface area contributed by atoms with E-state index >= 15 is 0 Å². The highest BCUT2D eigenvalue weighted by molar-refractivity contribution is 9.10. The van der Waals surface area contributed by atoms with Crippen LogP contribution in [-0.4, -0.2) is 189 Å². The second-order valence-electron chi connectivity index (χ2n) is 30.3. The maximum Gasteiger partial charge on any atom is 0.227 e. The number of aryl methyl sites for hydroxylation is 1. The zero-order valence-corrected chi connectivity index (χ0v) is 72.9. The van der Waals surface area contributed by atoms with E-state index < -0.39 is 0 Å². The van der Waals surface area contributed by atoms with E-state index in [1.165, 1.54) is 23.0 Å². The van der Waals surface area contributed by atoms with E-state index in [0.29, 0.717) is 58.1 Å². The number of aromatic nitrogens is 13. The molecule has 27 nitrogen and oxygen atoms in total. The molecule has 0 radical (unpaired) electrons. The molecule has 1 atom stereocenters. The molecular weight excluding hydrogens is 1720 g/mol. The number of terminal acetylenes is 2. The number of likely N-dealkylation sites (N-methyl/N-ethyl adjacent to an activating group) is 1. The van der Waals surface area contributed by atoms with E-state index in [-0.39, 0.29) is 6.10 Å². The fourth-order valence-corrected chi connectivity index (χ4v) is 15.8. The molecule has 8 aromatic carbocycles. The Kier molecular flexibility index (Phi) is 28.6. The molecule has 15 aromatic rings. The van der Waals surface area contributed by atoms with Gasteiger partial charge in [-0.3, -0.25) is 19.4 Å². The number of anilines is 9. The lowest BCUT2D eigenvalue weighted by molar-refractivity contribution is 0.0341. The van der Waals surface area contributed by atoms with Crippen molar-refractivity contribution in [1.82, 2.24) is 84.2 Å². The van der Waals surface area contributed by atoms with Crippen molar-refractivity contribution in [2.75, 3.05) is 126 Å². The Morgan fingerprint density at radius 2 is 1.02 bits per heavy atom. The number of nitrogens with zero attached hydrogens (tertiary/aromatic N) is 17. The van der Waals surface area contributed by atoms with Gasteiger partial charge in [0.05, 0.1) is 78.5 Å². The molecule has 0 bridgehead atoms. The van der Waals surface area contributed by atoms with Crippen LogP contribution in [0.1, 0.15) is 46.7 Å². The Hall–Kier alpha value is -12.8. The van der Waals surface area contributed by atoms with Crippen LogP contribution in [0.4, 0.5) is 52.4 Å². The van der Waals surface area contributed by atoms with Crippen molar-refractivity contribution in [3.8, 4) is 58.4 Å². The highest BCUT2D eigenvalue weighted by Crippen LogP contribution is 2.34. The minimum Gasteiger partial charge on any atom is -0.489 e. The van der Waals surface area contributed by atoms with Crippen LogP contribution in [0, 0.1) is 24.7 Å². The lowest BCUT2D eigenvalue weighted by Gasteiger charge is -2.27. The van der Waals surface area contributed by atoms with Crippen molar-refractivity contribution in [2.24, 2.45) is 0 Å². The maximum absolute atomic E-state index is 6.30. The van der Waals surface area contributed by atoms with Crippen LogP contribution >= 0.6 is 43.5 Å². The van der Waals surface area contributed by atoms with Crippen LogP contribution in [0.25, 0.3) is 65.9 Å². The molecule has 4 aliphatic rings. The van der Waals surface area contributed by atoms with Crippen LogP contribution in [0.15, 0.2) is 229 Å². The third-order valence-corrected chi connectivity index (χ3v) is 22.5. The number of ether oxygens (including phenoxy) is 5. The van der Waals surface area contributed by atoms with Gasteiger partial charge in [0.1, 0.15) is 36.4 Å². The van der Waals surface area contributed by atoms with Gasteiger partial charge >= 0.3 is 0 Å². The number of fused-ring (bicyclic) bond motifs is 4. The molecule has 632 valence electrons. The van der Waals surface area contributed by atoms with Gasteiger partial charge in [-0.15, -0.1) is 12.8 Å². The third-order valence-electron chi connectivity index (χ3n) is 21.1. The molecule has 0 spiro atoms. The fraction of sp³-hybridized carbons (Fsp3) is 0.242. The van der Waals surface area contributed by atoms with Crippen LogP contribution < -0.4 is 36.5 Å². The average molecular weight is 1820 g/mol. The predicted octanol–water partition coefficient (Wildman–Crippen LogP) is 17.1. The zero-order valence-electron chi connectivity index (χ0n) is 69.0. The Morgan fingerprint density at radius 1 is 0.496 bits per heavy atom. The molecule has 4 saturated heterocycles. The maximum atomic E-state index is 6.30. The first-order valence-electron chi connectivity index (χ1n) is 41.1. The van der Waals surface area contributed by atoms with Gasteiger partial charge in [0.25, 0.3) is 0 Å². The molecule has 4 aliphatic heterocycles. The summed E-state index contributed by atoms with van der Waals surface area (Å²) in [5.41, 5.74) is 23.0. The zero-order chi connectivity index (χ0) is 85.8. The van der Waals surface area contributed by atoms with E-state index in [1.54, 1.807) is 37.1 Å². The summed E-state index contributed by atoms with van der Waals surface area (Å²) in [6.07, 6.45) is 30.2. The number of morpholine rings is 3. The van der Waals surface area contributed by atoms with Crippen molar-refractivity contribution in [3.05, 3.63) is 267 Å². The SMILES string of the molecule is C#Cc1cc2cnc(Nc3cccc(CN4CCOCC4)c3)nc2cc1OCc1cncnc1.C#Cc1ccc2nc(Nc3cccc(O[C@@H]4CCN(C)C4)c3)ncc2c1Cl.CCn1cc(-c2cc(CN3CCOCC3)cc(Nc3ncc4cc(Br)ccc4n3)c2)cn1.Nc1cc(-c2cc(CN3CCOCC3)cc(Nc3ncc4cc(Br)ccc4n3)c2)ccn1. The topological polar surface area (TPSA) is 293 Å². The number of hydrogen-bond acceptors (Lipinski definition) is 26. The van der Waals surface area contributed by atoms with E-state index in [9.17, 15) is 0 Å². The second-order valence-corrected chi connectivity index (χ2v) is 32.6. The van der Waals surface area contributed by atoms with Crippen molar-refractivity contribution in [2.45, 2.75) is 52.2 Å². The van der Waals surface area contributed by atoms with Gasteiger partial charge in [0.15, 0.2) is 0 Å². The van der Waals surface area contributed by atoms with Gasteiger partial charge in [-0.25, -0.2) is 54.8 Å². The van der Waals surface area contributed by atoms with Crippen LogP contribution in [0.2, 0.25) is 5.02 Å². The van der Waals surface area contributed by atoms with Gasteiger partial charge < -0.3 is 55.6 Å². The fourth-order valence-electron chi connectivity index (χ4n) is 14.8. The van der Waals surface area contributed by atoms with E-state index in [0.717, 1.165) is 233 Å². The Labute approximate surface area is 746 Å². The summed E-state index contributed by atoms with van der Waals surface area (Å²) < 4.78 is 32.4. The van der Waals surface area contributed by atoms with Crippen LogP contribution in [0.3, 0.4) is 0 Å². The first-order chi connectivity index (χ1) is 61.2. The summed E-state index contributed by atoms with van der Waals surface area (Å²) in [7, 11) is 2.11. The van der Waals surface area contributed by atoms with Gasteiger partial charge in [-0.2, -0.15) is 5.10 Å². The number of pyridine rings is 1. The van der Waals surface area contributed by atoms with Crippen molar-refractivity contribution < 1.29 is 23.7 Å². The summed E-state index contributed by atoms with van der Waals surface area (Å²) in [6.45, 7) is 18.2. The molecule has 0 amide bonds. The molecule has 4 fully saturated rings. The lowest BCUT2D eigenvalue weighted by atomic mass is 10.0. The highest BCUT2D eigenvalue weighted by atomic mass is 79.9. The first-order valence-corrected chi connectivity index (χ1v) is 43.1. The van der Waals surface area contributed by atoms with E-state index in [2.05, 4.69) is 208 Å². The highest BCUT2D eigenvalue weighted by Gasteiger charge is 2.23. The van der Waals surface area contributed by atoms with Crippen molar-refractivity contribution >= 4 is 139 Å². The molecule has 0 saturated carbocycles. The number of nitrogen functional groups attached to an aromatic ring is 1. The smallest absolute Gasteiger partial charge is 0.227 e. The molecule has 7 aromatic heterocycles. The summed E-state index contributed by atoms with van der Waals surface area (Å²) in [5, 5.41) is 21.9. The molecule has 0 unspecified atom stereocenters. The van der Waals surface area contributed by atoms with Gasteiger partial charge in [0.2, 0.25) is 23.8 Å². The largest absolute Gasteiger partial charge is 0.489 e. The predicted molar refractivity (Wildman–Crippen MR) is 499 cm³/mol. The standard InChI is InChI=1S/C26H24N6O2.C24H25BrN6O.C24H23BrN6O.C21H19ClN4O/c1-2-21-11-22-15-29-26(31-24(22)12-25(21)34-17-20-13-27-18-28-14-20)30-23-5-3-4-19(10-23)16-32-6-8-33-9-7-32;1-2-31-16-20(14-27-31)18-9-17(15-30-5-7-32-8-6-30)10-22(12-18)28-24-26-13-19-11-21(25)3-4-23(19)29-24;25-20-1-2-22-19(11-20)14-28-24(30-22)29-21-10-16(15-31-5-7-32-8-6-31)9-18(12-21)17-3-4-27-23(26)13-17;1-3-14-7-8-19-18(20(14)22)12-23-21(25-19)24-15-5-4-6-16(11-15)27-17-9-10-26(2)13-17/h1,3-5,10-15,18H,6-9,16-17H2,(H,29,30,31);3-4,9-14,16H,2,5-8,15H2,1H3,(H,26,28,29);1-4,9-14H,5-8,15H2,(H2,26,27)(H,28,29,30);1,4-8,11-12,17H,9-10,13H2,2H3,(H,23,24,25)/t;;;17-/m...1/s1. The van der Waals surface area contributed by atoms with Gasteiger partial charge in [-0.05, 0) is 181 Å². The van der Waals surface area contributed by atoms with Crippen LogP contribution in [-0.2, 0) is 47.0 Å². The summed E-state index contributed by atoms with van der Waals surface area (Å²) in [5.74, 6) is 9.29. The molecule has 6 N–H and O–H groups in total. The van der Waals surface area contributed by atoms with Gasteiger partial charge in [-0.1, -0.05) is 73.5 Å². The average Bonchev–Trinajstić information content (AvgIpc) is 1.03. The van der Waals surface area contributed by atoms with E-state index in [1.807, 2.05) is 126 Å². The molecular formula is C95H91Br2ClN22O5. The van der Waals surface area contributed by atoms with E-state index in [4.69, 9.17) is 58.8 Å². The number of nitrogens with one attached hydrogen (secondary N) is 4. The molecule has 19 rings (SSSR count). The summed E-state index contributed by atoms with van der Waals surface area (Å²) in [6, 6.07) is 52.3. The molecule has 125 heavy (non-hydrogen) atoms. The Balaban J connectivity index is 0.000000123. The number of nitrogens with two attached hydrogens (primary N) is 1. The Bertz CT molecular complexity index is 6370. The third kappa shape index (κ3) is 23.6. The van der Waals surface area contributed by atoms with Crippen LogP contribution in [0.5, 0.6) is 11.5 Å². The first kappa shape index (κ1) is 85.8. The molecule has 0 aliphatic carbocycles. The number of benzene rings is 8. The molecule has 11 heterocycles. The lowest BCUT2D eigenvalue weighted by Crippen LogP contribution is -2.35. The second kappa shape index (κ2) is 41.6. The number of likely N-dealkylation sites (tertiary alicyclic amines) is 1. The van der Waals surface area contributed by atoms with Crippen molar-refractivity contribution in [3.63, 3.8) is 0 Å². The number of hydrogen-bond donors (Lipinski definition) is 5. The molecule has 30 heteroatoms. The monoisotopic (exact) mass is 1810 g/mol.